The van der Waals surface area contributed by atoms with E-state index in [1.54, 1.807) is 0 Å². The predicted molar refractivity (Wildman–Crippen MR) is 84.7 cm³/mol. The monoisotopic (exact) mass is 363 g/mol. The minimum Gasteiger partial charge on any atom is -0.376 e. The molecule has 2 N–H and O–H groups in total. The fraction of sp³-hybridized carbons (Fsp3) is 0.571. The van der Waals surface area contributed by atoms with E-state index in [-0.39, 0.29) is 17.1 Å². The first-order valence-electron chi connectivity index (χ1n) is 6.40. The van der Waals surface area contributed by atoms with Gasteiger partial charge >= 0.3 is 0 Å². The first kappa shape index (κ1) is 17.6. The summed E-state index contributed by atoms with van der Waals surface area (Å²) in [5, 5.41) is 5.14. The van der Waals surface area contributed by atoms with E-state index in [9.17, 15) is 8.42 Å². The van der Waals surface area contributed by atoms with E-state index in [1.165, 1.54) is 0 Å². The molecule has 0 bridgehead atoms. The van der Waals surface area contributed by atoms with Crippen LogP contribution in [0.3, 0.4) is 0 Å². The predicted octanol–water partition coefficient (Wildman–Crippen LogP) is 2.92. The van der Waals surface area contributed by atoms with Gasteiger partial charge in [0.2, 0.25) is 10.0 Å². The highest BCUT2D eigenvalue weighted by Gasteiger charge is 2.28. The number of hydrogen-bond acceptors (Lipinski definition) is 3. The summed E-state index contributed by atoms with van der Waals surface area (Å²) in [4.78, 5) is 0. The first-order chi connectivity index (χ1) is 9.08. The van der Waals surface area contributed by atoms with Crippen LogP contribution in [-0.4, -0.2) is 20.8 Å². The van der Waals surface area contributed by atoms with Crippen molar-refractivity contribution in [3.8, 4) is 0 Å². The van der Waals surface area contributed by atoms with Crippen LogP contribution < -0.4 is 5.14 Å². The van der Waals surface area contributed by atoms with Crippen molar-refractivity contribution in [2.24, 2.45) is 16.5 Å². The van der Waals surface area contributed by atoms with Crippen molar-refractivity contribution in [2.45, 2.75) is 27.4 Å². The minimum absolute atomic E-state index is 0.0587. The number of sulfonamides is 1. The van der Waals surface area contributed by atoms with Gasteiger partial charge in [0.1, 0.15) is 0 Å². The average Bonchev–Trinajstić information content (AvgIpc) is 2.27. The smallest absolute Gasteiger partial charge is 0.209 e. The van der Waals surface area contributed by atoms with Crippen molar-refractivity contribution >= 4 is 26.0 Å². The molecule has 0 aromatic heterocycles. The van der Waals surface area contributed by atoms with E-state index in [2.05, 4.69) is 15.9 Å². The summed E-state index contributed by atoms with van der Waals surface area (Å²) in [6, 6.07) is 7.83. The Bertz CT molecular complexity index is 520. The highest BCUT2D eigenvalue weighted by atomic mass is 79.9. The number of rotatable bonds is 6. The van der Waals surface area contributed by atoms with Gasteiger partial charge in [-0.1, -0.05) is 48.8 Å². The Morgan fingerprint density at radius 3 is 2.25 bits per heavy atom. The molecule has 0 spiro atoms. The Balaban J connectivity index is 2.57. The second kappa shape index (κ2) is 7.02. The Morgan fingerprint density at radius 1 is 1.25 bits per heavy atom. The van der Waals surface area contributed by atoms with Gasteiger partial charge in [0.25, 0.3) is 0 Å². The maximum atomic E-state index is 11.3. The molecule has 6 heteroatoms. The lowest BCUT2D eigenvalue weighted by molar-refractivity contribution is 0.0552. The lowest BCUT2D eigenvalue weighted by Crippen LogP contribution is -2.34. The van der Waals surface area contributed by atoms with Crippen LogP contribution in [0.1, 0.15) is 26.3 Å². The molecular weight excluding hydrogens is 342 g/mol. The van der Waals surface area contributed by atoms with Gasteiger partial charge in [-0.05, 0) is 23.1 Å². The Kier molecular flexibility index (Phi) is 6.19. The van der Waals surface area contributed by atoms with Crippen LogP contribution in [0.4, 0.5) is 0 Å². The molecule has 4 nitrogen and oxygen atoms in total. The molecule has 0 aliphatic rings. The van der Waals surface area contributed by atoms with Crippen LogP contribution in [-0.2, 0) is 21.4 Å². The number of benzene rings is 1. The second-order valence-electron chi connectivity index (χ2n) is 6.03. The van der Waals surface area contributed by atoms with Gasteiger partial charge < -0.3 is 4.74 Å². The van der Waals surface area contributed by atoms with Crippen LogP contribution in [0.5, 0.6) is 0 Å². The van der Waals surface area contributed by atoms with Crippen LogP contribution in [0.2, 0.25) is 0 Å². The van der Waals surface area contributed by atoms with Crippen molar-refractivity contribution in [3.05, 3.63) is 34.3 Å². The molecule has 1 aromatic carbocycles. The highest BCUT2D eigenvalue weighted by molar-refractivity contribution is 9.10. The number of nitrogens with two attached hydrogens (primary N) is 1. The lowest BCUT2D eigenvalue weighted by Gasteiger charge is -2.29. The van der Waals surface area contributed by atoms with Crippen molar-refractivity contribution in [1.82, 2.24) is 0 Å². The lowest BCUT2D eigenvalue weighted by atomic mass is 9.82. The minimum atomic E-state index is -3.49. The molecule has 0 fully saturated rings. The Labute approximate surface area is 129 Å². The van der Waals surface area contributed by atoms with Crippen molar-refractivity contribution in [2.75, 3.05) is 12.4 Å². The SMILES string of the molecule is CC(C)(C)C(COCc1ccc(Br)cc1)CS(N)(=O)=O. The molecule has 0 saturated carbocycles. The number of hydrogen-bond donors (Lipinski definition) is 1. The van der Waals surface area contributed by atoms with E-state index >= 15 is 0 Å². The van der Waals surface area contributed by atoms with Gasteiger partial charge in [0.15, 0.2) is 0 Å². The van der Waals surface area contributed by atoms with Crippen LogP contribution in [0, 0.1) is 11.3 Å². The second-order valence-corrected chi connectivity index (χ2v) is 8.61. The summed E-state index contributed by atoms with van der Waals surface area (Å²) in [6.07, 6.45) is 0. The average molecular weight is 364 g/mol. The maximum Gasteiger partial charge on any atom is 0.209 e. The summed E-state index contributed by atoms with van der Waals surface area (Å²) >= 11 is 3.37. The van der Waals surface area contributed by atoms with Crippen molar-refractivity contribution in [1.29, 1.82) is 0 Å². The topological polar surface area (TPSA) is 69.4 Å². The van der Waals surface area contributed by atoms with Gasteiger partial charge in [-0.2, -0.15) is 0 Å². The number of ether oxygens (including phenoxy) is 1. The molecule has 0 amide bonds. The van der Waals surface area contributed by atoms with Crippen LogP contribution >= 0.6 is 15.9 Å². The third-order valence-corrected chi connectivity index (χ3v) is 4.55. The van der Waals surface area contributed by atoms with E-state index in [1.807, 2.05) is 45.0 Å². The quantitative estimate of drug-likeness (QED) is 0.844. The first-order valence-corrected chi connectivity index (χ1v) is 8.91. The summed E-state index contributed by atoms with van der Waals surface area (Å²) < 4.78 is 29.2. The molecule has 0 heterocycles. The summed E-state index contributed by atoms with van der Waals surface area (Å²) in [5.41, 5.74) is 0.878. The fourth-order valence-electron chi connectivity index (χ4n) is 1.73. The molecule has 0 saturated heterocycles. The molecule has 1 aromatic rings. The molecule has 20 heavy (non-hydrogen) atoms. The molecule has 1 rings (SSSR count). The van der Waals surface area contributed by atoms with Crippen LogP contribution in [0.15, 0.2) is 28.7 Å². The highest BCUT2D eigenvalue weighted by Crippen LogP contribution is 2.27. The molecule has 1 atom stereocenters. The van der Waals surface area contributed by atoms with E-state index in [0.717, 1.165) is 10.0 Å². The number of halogens is 1. The summed E-state index contributed by atoms with van der Waals surface area (Å²) in [6.45, 7) is 6.81. The molecule has 114 valence electrons. The normalized spacial score (nSPS) is 14.2. The largest absolute Gasteiger partial charge is 0.376 e. The third-order valence-electron chi connectivity index (χ3n) is 3.16. The van der Waals surface area contributed by atoms with E-state index in [4.69, 9.17) is 9.88 Å². The summed E-state index contributed by atoms with van der Waals surface area (Å²) in [7, 11) is -3.49. The van der Waals surface area contributed by atoms with Crippen molar-refractivity contribution in [3.63, 3.8) is 0 Å². The van der Waals surface area contributed by atoms with Gasteiger partial charge in [-0.3, -0.25) is 0 Å². The fourth-order valence-corrected chi connectivity index (χ4v) is 3.15. The molecule has 0 radical (unpaired) electrons. The molecular formula is C14H22BrNO3S. The van der Waals surface area contributed by atoms with Crippen molar-refractivity contribution < 1.29 is 13.2 Å². The maximum absolute atomic E-state index is 11.3. The zero-order chi connectivity index (χ0) is 15.4. The zero-order valence-electron chi connectivity index (χ0n) is 12.1. The summed E-state index contributed by atoms with van der Waals surface area (Å²) in [5.74, 6) is -0.190. The Morgan fingerprint density at radius 2 is 1.80 bits per heavy atom. The number of primary sulfonamides is 1. The van der Waals surface area contributed by atoms with Gasteiger partial charge in [0.05, 0.1) is 19.0 Å². The standard InChI is InChI=1S/C14H22BrNO3S/c1-14(2,3)12(10-20(16,17)18)9-19-8-11-4-6-13(15)7-5-11/h4-7,12H,8-10H2,1-3H3,(H2,16,17,18). The molecule has 0 aliphatic heterocycles. The van der Waals surface area contributed by atoms with Gasteiger partial charge in [0, 0.05) is 10.4 Å². The zero-order valence-corrected chi connectivity index (χ0v) is 14.5. The van der Waals surface area contributed by atoms with Crippen LogP contribution in [0.25, 0.3) is 0 Å². The molecule has 1 unspecified atom stereocenters. The third kappa shape index (κ3) is 6.83. The van der Waals surface area contributed by atoms with E-state index in [0.29, 0.717) is 13.2 Å². The van der Waals surface area contributed by atoms with E-state index < -0.39 is 10.0 Å². The Hall–Kier alpha value is -0.430. The van der Waals surface area contributed by atoms with Gasteiger partial charge in [-0.15, -0.1) is 0 Å². The van der Waals surface area contributed by atoms with Gasteiger partial charge in [-0.25, -0.2) is 13.6 Å². The molecule has 0 aliphatic carbocycles.